The number of hydrogen-bond donors (Lipinski definition) is 2. The Bertz CT molecular complexity index is 800. The Kier molecular flexibility index (Phi) is 7.21. The normalized spacial score (nSPS) is 12.8. The number of guanidine groups is 1. The van der Waals surface area contributed by atoms with E-state index >= 15 is 0 Å². The monoisotopic (exact) mass is 375 g/mol. The predicted octanol–water partition coefficient (Wildman–Crippen LogP) is 2.87. The molecule has 1 atom stereocenters. The summed E-state index contributed by atoms with van der Waals surface area (Å²) in [4.78, 5) is 4.58. The Morgan fingerprint density at radius 3 is 2.67 bits per heavy atom. The van der Waals surface area contributed by atoms with Crippen molar-refractivity contribution in [1.29, 1.82) is 0 Å². The molecule has 1 unspecified atom stereocenters. The second-order valence-electron chi connectivity index (χ2n) is 6.69. The van der Waals surface area contributed by atoms with Gasteiger partial charge in [0.05, 0.1) is 19.3 Å². The van der Waals surface area contributed by atoms with E-state index in [9.17, 15) is 4.39 Å². The molecular weight excluding hydrogens is 345 g/mol. The van der Waals surface area contributed by atoms with Crippen LogP contribution in [0.15, 0.2) is 23.2 Å². The summed E-state index contributed by atoms with van der Waals surface area (Å²) in [5.41, 5.74) is 4.28. The molecule has 0 fully saturated rings. The minimum absolute atomic E-state index is 0.178. The van der Waals surface area contributed by atoms with Crippen molar-refractivity contribution in [2.24, 2.45) is 12.0 Å². The molecule has 0 aliphatic rings. The average molecular weight is 375 g/mol. The van der Waals surface area contributed by atoms with Crippen molar-refractivity contribution in [3.8, 4) is 5.75 Å². The van der Waals surface area contributed by atoms with Crippen LogP contribution < -0.4 is 15.4 Å². The number of aryl methyl sites for hydroxylation is 2. The third-order valence-electron chi connectivity index (χ3n) is 4.53. The van der Waals surface area contributed by atoms with Crippen LogP contribution in [0.5, 0.6) is 5.75 Å². The first-order valence-electron chi connectivity index (χ1n) is 9.22. The fourth-order valence-electron chi connectivity index (χ4n) is 3.00. The lowest BCUT2D eigenvalue weighted by atomic mass is 10.1. The second-order valence-corrected chi connectivity index (χ2v) is 6.69. The van der Waals surface area contributed by atoms with E-state index in [2.05, 4.69) is 34.6 Å². The number of hydrogen-bond acceptors (Lipinski definition) is 3. The lowest BCUT2D eigenvalue weighted by molar-refractivity contribution is 0.386. The Balaban J connectivity index is 2.05. The van der Waals surface area contributed by atoms with Crippen molar-refractivity contribution in [2.75, 3.05) is 13.7 Å². The van der Waals surface area contributed by atoms with Crippen molar-refractivity contribution in [3.63, 3.8) is 0 Å². The number of methoxy groups -OCH3 is 1. The van der Waals surface area contributed by atoms with Crippen LogP contribution in [0, 0.1) is 19.7 Å². The van der Waals surface area contributed by atoms with Gasteiger partial charge < -0.3 is 15.4 Å². The van der Waals surface area contributed by atoms with Gasteiger partial charge in [0.15, 0.2) is 17.5 Å². The number of nitrogens with zero attached hydrogens (tertiary/aromatic N) is 3. The summed E-state index contributed by atoms with van der Waals surface area (Å²) in [7, 11) is 3.42. The van der Waals surface area contributed by atoms with Crippen LogP contribution in [0.25, 0.3) is 0 Å². The van der Waals surface area contributed by atoms with Gasteiger partial charge in [0.1, 0.15) is 0 Å². The largest absolute Gasteiger partial charge is 0.494 e. The molecule has 0 aliphatic carbocycles. The lowest BCUT2D eigenvalue weighted by Crippen LogP contribution is -2.43. The molecule has 6 nitrogen and oxygen atoms in total. The summed E-state index contributed by atoms with van der Waals surface area (Å²) in [6, 6.07) is 5.08. The van der Waals surface area contributed by atoms with Crippen LogP contribution in [0.3, 0.4) is 0 Å². The molecule has 27 heavy (non-hydrogen) atoms. The van der Waals surface area contributed by atoms with E-state index in [1.807, 2.05) is 31.6 Å². The SMILES string of the molecule is CCNC(=NCc1ccc(OC)c(F)c1)NC(C)Cc1c(C)nn(C)c1C. The van der Waals surface area contributed by atoms with Gasteiger partial charge in [0.25, 0.3) is 0 Å². The van der Waals surface area contributed by atoms with E-state index in [0.29, 0.717) is 12.5 Å². The highest BCUT2D eigenvalue weighted by atomic mass is 19.1. The second kappa shape index (κ2) is 9.39. The number of benzene rings is 1. The van der Waals surface area contributed by atoms with Gasteiger partial charge in [0, 0.05) is 25.3 Å². The Labute approximate surface area is 160 Å². The fraction of sp³-hybridized carbons (Fsp3) is 0.500. The fourth-order valence-corrected chi connectivity index (χ4v) is 3.00. The smallest absolute Gasteiger partial charge is 0.191 e. The maximum absolute atomic E-state index is 13.8. The minimum atomic E-state index is -0.376. The third kappa shape index (κ3) is 5.45. The first kappa shape index (κ1) is 20.7. The zero-order valence-electron chi connectivity index (χ0n) is 17.1. The molecule has 0 saturated carbocycles. The van der Waals surface area contributed by atoms with Gasteiger partial charge in [-0.3, -0.25) is 4.68 Å². The predicted molar refractivity (Wildman–Crippen MR) is 107 cm³/mol. The molecule has 1 aromatic heterocycles. The zero-order valence-corrected chi connectivity index (χ0v) is 17.1. The van der Waals surface area contributed by atoms with Gasteiger partial charge in [-0.15, -0.1) is 0 Å². The summed E-state index contributed by atoms with van der Waals surface area (Å²) < 4.78 is 20.7. The van der Waals surface area contributed by atoms with Gasteiger partial charge in [-0.25, -0.2) is 9.38 Å². The van der Waals surface area contributed by atoms with Crippen LogP contribution in [0.1, 0.15) is 36.4 Å². The van der Waals surface area contributed by atoms with Crippen molar-refractivity contribution >= 4 is 5.96 Å². The molecule has 0 saturated heterocycles. The van der Waals surface area contributed by atoms with Gasteiger partial charge in [0.2, 0.25) is 0 Å². The van der Waals surface area contributed by atoms with E-state index in [4.69, 9.17) is 4.74 Å². The molecule has 1 heterocycles. The number of rotatable bonds is 7. The van der Waals surface area contributed by atoms with Crippen LogP contribution in [-0.4, -0.2) is 35.4 Å². The molecule has 2 N–H and O–H groups in total. The van der Waals surface area contributed by atoms with Crippen molar-refractivity contribution < 1.29 is 9.13 Å². The Morgan fingerprint density at radius 1 is 1.37 bits per heavy atom. The highest BCUT2D eigenvalue weighted by Crippen LogP contribution is 2.18. The maximum Gasteiger partial charge on any atom is 0.191 e. The molecule has 7 heteroatoms. The topological polar surface area (TPSA) is 63.5 Å². The van der Waals surface area contributed by atoms with Crippen LogP contribution in [-0.2, 0) is 20.0 Å². The summed E-state index contributed by atoms with van der Waals surface area (Å²) in [6.07, 6.45) is 0.854. The first-order chi connectivity index (χ1) is 12.8. The minimum Gasteiger partial charge on any atom is -0.494 e. The number of halogens is 1. The maximum atomic E-state index is 13.8. The van der Waals surface area contributed by atoms with Gasteiger partial charge in [-0.05, 0) is 57.4 Å². The standard InChI is InChI=1S/C20H30FN5O/c1-7-22-20(23-12-16-8-9-19(27-6)18(21)11-16)24-13(2)10-17-14(3)25-26(5)15(17)4/h8-9,11,13H,7,10,12H2,1-6H3,(H2,22,23,24). The van der Waals surface area contributed by atoms with E-state index in [-0.39, 0.29) is 17.6 Å². The molecular formula is C20H30FN5O. The summed E-state index contributed by atoms with van der Waals surface area (Å²) in [5.74, 6) is 0.572. The van der Waals surface area contributed by atoms with Crippen LogP contribution in [0.4, 0.5) is 4.39 Å². The molecule has 0 aliphatic heterocycles. The number of ether oxygens (including phenoxy) is 1. The number of aromatic nitrogens is 2. The van der Waals surface area contributed by atoms with E-state index < -0.39 is 0 Å². The molecule has 148 valence electrons. The molecule has 0 amide bonds. The van der Waals surface area contributed by atoms with Crippen molar-refractivity contribution in [2.45, 2.75) is 46.7 Å². The lowest BCUT2D eigenvalue weighted by Gasteiger charge is -2.18. The third-order valence-corrected chi connectivity index (χ3v) is 4.53. The summed E-state index contributed by atoms with van der Waals surface area (Å²) in [6.45, 7) is 9.39. The quantitative estimate of drug-likeness (QED) is 0.577. The molecule has 0 bridgehead atoms. The number of aliphatic imine (C=N–C) groups is 1. The molecule has 2 rings (SSSR count). The molecule has 0 spiro atoms. The molecule has 0 radical (unpaired) electrons. The molecule has 2 aromatic rings. The van der Waals surface area contributed by atoms with Crippen LogP contribution >= 0.6 is 0 Å². The van der Waals surface area contributed by atoms with Crippen LogP contribution in [0.2, 0.25) is 0 Å². The van der Waals surface area contributed by atoms with Gasteiger partial charge in [-0.2, -0.15) is 5.10 Å². The van der Waals surface area contributed by atoms with Crippen molar-refractivity contribution in [3.05, 3.63) is 46.5 Å². The highest BCUT2D eigenvalue weighted by molar-refractivity contribution is 5.80. The average Bonchev–Trinajstić information content (AvgIpc) is 2.86. The van der Waals surface area contributed by atoms with E-state index in [0.717, 1.165) is 24.2 Å². The van der Waals surface area contributed by atoms with E-state index in [1.54, 1.807) is 6.07 Å². The number of nitrogens with one attached hydrogen (secondary N) is 2. The summed E-state index contributed by atoms with van der Waals surface area (Å²) in [5, 5.41) is 11.1. The molecule has 1 aromatic carbocycles. The summed E-state index contributed by atoms with van der Waals surface area (Å²) >= 11 is 0. The highest BCUT2D eigenvalue weighted by Gasteiger charge is 2.14. The van der Waals surface area contributed by atoms with Crippen molar-refractivity contribution in [1.82, 2.24) is 20.4 Å². The first-order valence-corrected chi connectivity index (χ1v) is 9.22. The van der Waals surface area contributed by atoms with E-state index in [1.165, 1.54) is 24.4 Å². The zero-order chi connectivity index (χ0) is 20.0. The van der Waals surface area contributed by atoms with Gasteiger partial charge >= 0.3 is 0 Å². The Morgan fingerprint density at radius 2 is 2.11 bits per heavy atom. The van der Waals surface area contributed by atoms with Gasteiger partial charge in [-0.1, -0.05) is 6.07 Å². The Hall–Kier alpha value is -2.57.